The lowest BCUT2D eigenvalue weighted by atomic mass is 9.46. The minimum absolute atomic E-state index is 0.0364. The number of hydrogen-bond acceptors (Lipinski definition) is 8. The SMILES string of the molecule is C[C@]1(C#Cc2cn([C@@H]3O[C@H](CO)[C@H](O)C3OCC#Cc3ccc4c(c3)C(Cc3ccccc3)(Cc3ccccc3)c3ccccc3-4)c(=O)[nH]c2=O)CC[C@H]2[C@@H](CCC3=CC(=O)CC[C@@]32C)[C@@H]1CCCO. The van der Waals surface area contributed by atoms with Crippen LogP contribution in [0.3, 0.4) is 0 Å². The number of benzene rings is 4. The van der Waals surface area contributed by atoms with Crippen molar-refractivity contribution in [2.75, 3.05) is 19.8 Å². The highest BCUT2D eigenvalue weighted by atomic mass is 16.6. The fourth-order valence-corrected chi connectivity index (χ4v) is 13.3. The standard InChI is InChI=1S/C60H62N2O8/c1-58(29-27-49-47(48(58)20-11-31-63)24-22-43-34-44(65)26-30-59(43,49)2)28-25-42-37-62(57(68)61-55(42)67)56-54(53(66)52(38-64)70-56)69-32-12-17-39-21-23-46-45-18-9-10-19-50(45)60(51(46)33-39,35-40-13-5-3-6-14-40)36-41-15-7-4-8-16-41/h3-10,13-16,18-19,21,23,33-34,37,47-49,52-54,56,63-64,66H,11,20,22,24,26-27,29-32,35-36,38H2,1-2H3,(H,61,67,68)/t47-,48-,49-,52+,53-,54?,56+,58-,59-/m0/s1. The van der Waals surface area contributed by atoms with Crippen LogP contribution < -0.4 is 11.2 Å². The Morgan fingerprint density at radius 1 is 0.829 bits per heavy atom. The number of ketones is 1. The Hall–Kier alpha value is -6.11. The lowest BCUT2D eigenvalue weighted by Gasteiger charge is -2.57. The molecule has 10 nitrogen and oxygen atoms in total. The van der Waals surface area contributed by atoms with Crippen molar-refractivity contribution >= 4 is 5.78 Å². The molecule has 0 spiro atoms. The number of fused-ring (bicyclic) bond motifs is 6. The third-order valence-electron chi connectivity index (χ3n) is 16.8. The Labute approximate surface area is 409 Å². The van der Waals surface area contributed by atoms with E-state index in [1.807, 2.05) is 24.3 Å². The maximum absolute atomic E-state index is 13.6. The van der Waals surface area contributed by atoms with Gasteiger partial charge in [-0.3, -0.25) is 19.1 Å². The van der Waals surface area contributed by atoms with E-state index in [1.54, 1.807) is 0 Å². The van der Waals surface area contributed by atoms with Gasteiger partial charge in [0.15, 0.2) is 12.0 Å². The number of aromatic nitrogens is 2. The van der Waals surface area contributed by atoms with Gasteiger partial charge in [0, 0.05) is 35.6 Å². The van der Waals surface area contributed by atoms with E-state index in [2.05, 4.69) is 127 Å². The summed E-state index contributed by atoms with van der Waals surface area (Å²) in [7, 11) is 0. The number of carbonyl (C=O) groups is 1. The molecule has 2 heterocycles. The molecular formula is C60H62N2O8. The zero-order valence-electron chi connectivity index (χ0n) is 40.0. The smallest absolute Gasteiger partial charge is 0.330 e. The molecule has 2 saturated carbocycles. The highest BCUT2D eigenvalue weighted by molar-refractivity contribution is 5.91. The van der Waals surface area contributed by atoms with Crippen molar-refractivity contribution in [2.24, 2.45) is 28.6 Å². The summed E-state index contributed by atoms with van der Waals surface area (Å²) in [4.78, 5) is 41.8. The van der Waals surface area contributed by atoms with Crippen molar-refractivity contribution in [1.82, 2.24) is 9.55 Å². The lowest BCUT2D eigenvalue weighted by Crippen LogP contribution is -2.50. The van der Waals surface area contributed by atoms with Crippen molar-refractivity contribution in [1.29, 1.82) is 0 Å². The maximum Gasteiger partial charge on any atom is 0.330 e. The number of nitrogens with zero attached hydrogens (tertiary/aromatic N) is 1. The number of hydrogen-bond donors (Lipinski definition) is 4. The molecule has 70 heavy (non-hydrogen) atoms. The first-order valence-corrected chi connectivity index (χ1v) is 25.1. The monoisotopic (exact) mass is 938 g/mol. The van der Waals surface area contributed by atoms with Crippen molar-refractivity contribution in [3.63, 3.8) is 0 Å². The first kappa shape index (κ1) is 47.6. The summed E-state index contributed by atoms with van der Waals surface area (Å²) >= 11 is 0. The summed E-state index contributed by atoms with van der Waals surface area (Å²) in [5.74, 6) is 14.2. The Balaban J connectivity index is 0.911. The van der Waals surface area contributed by atoms with Crippen LogP contribution >= 0.6 is 0 Å². The summed E-state index contributed by atoms with van der Waals surface area (Å²) in [6, 6.07) is 36.2. The van der Waals surface area contributed by atoms with Gasteiger partial charge in [-0.15, -0.1) is 0 Å². The van der Waals surface area contributed by atoms with Gasteiger partial charge in [-0.05, 0) is 139 Å². The quantitative estimate of drug-likeness (QED) is 0.0980. The topological polar surface area (TPSA) is 151 Å². The summed E-state index contributed by atoms with van der Waals surface area (Å²) in [6.45, 7) is 3.91. The molecule has 9 atom stereocenters. The van der Waals surface area contributed by atoms with Gasteiger partial charge < -0.3 is 24.8 Å². The Morgan fingerprint density at radius 2 is 1.54 bits per heavy atom. The molecule has 1 aliphatic heterocycles. The second kappa shape index (κ2) is 19.6. The number of aliphatic hydroxyl groups is 3. The van der Waals surface area contributed by atoms with Crippen LogP contribution in [0.15, 0.2) is 131 Å². The normalized spacial score (nSPS) is 28.2. The molecular weight excluding hydrogens is 877 g/mol. The predicted octanol–water partition coefficient (Wildman–Crippen LogP) is 7.84. The van der Waals surface area contributed by atoms with Crippen LogP contribution in [0.1, 0.15) is 105 Å². The van der Waals surface area contributed by atoms with E-state index in [-0.39, 0.29) is 41.3 Å². The molecule has 1 saturated heterocycles. The summed E-state index contributed by atoms with van der Waals surface area (Å²) in [6.07, 6.45) is 6.56. The van der Waals surface area contributed by atoms with E-state index >= 15 is 0 Å². The van der Waals surface area contributed by atoms with Gasteiger partial charge in [0.1, 0.15) is 30.5 Å². The van der Waals surface area contributed by atoms with Gasteiger partial charge >= 0.3 is 5.69 Å². The van der Waals surface area contributed by atoms with Crippen LogP contribution in [0, 0.1) is 52.3 Å². The number of aliphatic hydroxyl groups excluding tert-OH is 3. The summed E-state index contributed by atoms with van der Waals surface area (Å²) in [5.41, 5.74) is 7.23. The van der Waals surface area contributed by atoms with Crippen LogP contribution in [0.5, 0.6) is 0 Å². The third-order valence-corrected chi connectivity index (χ3v) is 16.8. The Morgan fingerprint density at radius 3 is 2.27 bits per heavy atom. The van der Waals surface area contributed by atoms with Gasteiger partial charge in [0.2, 0.25) is 0 Å². The van der Waals surface area contributed by atoms with E-state index < -0.39 is 47.8 Å². The second-order valence-electron chi connectivity index (χ2n) is 20.8. The molecule has 10 rings (SSSR count). The number of rotatable bonds is 11. The van der Waals surface area contributed by atoms with Crippen molar-refractivity contribution in [2.45, 2.75) is 108 Å². The molecule has 10 heteroatoms. The maximum atomic E-state index is 13.6. The van der Waals surface area contributed by atoms with Crippen LogP contribution in [-0.2, 0) is 32.5 Å². The molecule has 0 bridgehead atoms. The molecule has 5 aliphatic rings. The van der Waals surface area contributed by atoms with E-state index in [0.717, 1.165) is 56.9 Å². The van der Waals surface area contributed by atoms with Gasteiger partial charge in [-0.25, -0.2) is 4.79 Å². The van der Waals surface area contributed by atoms with Crippen LogP contribution in [0.25, 0.3) is 11.1 Å². The molecule has 0 amide bonds. The molecule has 1 unspecified atom stereocenters. The van der Waals surface area contributed by atoms with Gasteiger partial charge in [0.25, 0.3) is 5.56 Å². The van der Waals surface area contributed by atoms with Crippen molar-refractivity contribution in [3.8, 4) is 34.8 Å². The number of carbonyl (C=O) groups excluding carboxylic acids is 1. The molecule has 0 radical (unpaired) electrons. The second-order valence-corrected chi connectivity index (χ2v) is 20.8. The van der Waals surface area contributed by atoms with Crippen LogP contribution in [-0.4, -0.2) is 68.8 Å². The number of allylic oxidation sites excluding steroid dienone is 2. The minimum Gasteiger partial charge on any atom is -0.396 e. The number of aromatic amines is 1. The molecule has 360 valence electrons. The molecule has 4 aliphatic carbocycles. The largest absolute Gasteiger partial charge is 0.396 e. The number of H-pyrrole nitrogens is 1. The number of nitrogens with one attached hydrogen (secondary N) is 1. The van der Waals surface area contributed by atoms with Gasteiger partial charge in [-0.1, -0.05) is 127 Å². The predicted molar refractivity (Wildman–Crippen MR) is 269 cm³/mol. The molecule has 3 fully saturated rings. The zero-order chi connectivity index (χ0) is 48.6. The van der Waals surface area contributed by atoms with E-state index in [4.69, 9.17) is 9.47 Å². The fraction of sp³-hybridized carbons (Fsp3) is 0.417. The third kappa shape index (κ3) is 8.76. The van der Waals surface area contributed by atoms with Gasteiger partial charge in [0.05, 0.1) is 6.61 Å². The molecule has 4 N–H and O–H groups in total. The first-order valence-electron chi connectivity index (χ1n) is 25.1. The highest BCUT2D eigenvalue weighted by Crippen LogP contribution is 2.62. The first-order chi connectivity index (χ1) is 33.9. The lowest BCUT2D eigenvalue weighted by molar-refractivity contribution is -0.117. The molecule has 4 aromatic carbocycles. The van der Waals surface area contributed by atoms with Crippen LogP contribution in [0.4, 0.5) is 0 Å². The summed E-state index contributed by atoms with van der Waals surface area (Å²) in [5, 5.41) is 31.6. The molecule has 1 aromatic heterocycles. The average Bonchev–Trinajstić information content (AvgIpc) is 3.82. The van der Waals surface area contributed by atoms with Crippen molar-refractivity contribution in [3.05, 3.63) is 175 Å². The summed E-state index contributed by atoms with van der Waals surface area (Å²) < 4.78 is 13.5. The van der Waals surface area contributed by atoms with Crippen LogP contribution in [0.2, 0.25) is 0 Å². The Bertz CT molecular complexity index is 3000. The van der Waals surface area contributed by atoms with E-state index in [1.165, 1.54) is 49.7 Å². The van der Waals surface area contributed by atoms with E-state index in [0.29, 0.717) is 24.7 Å². The Kier molecular flexibility index (Phi) is 13.3. The van der Waals surface area contributed by atoms with Crippen molar-refractivity contribution < 1.29 is 29.6 Å². The number of ether oxygens (including phenoxy) is 2. The highest BCUT2D eigenvalue weighted by Gasteiger charge is 2.55. The minimum atomic E-state index is -1.31. The average molecular weight is 939 g/mol. The molecule has 5 aromatic rings. The fourth-order valence-electron chi connectivity index (χ4n) is 13.3. The van der Waals surface area contributed by atoms with Gasteiger partial charge in [-0.2, -0.15) is 0 Å². The van der Waals surface area contributed by atoms with E-state index in [9.17, 15) is 29.7 Å². The zero-order valence-corrected chi connectivity index (χ0v) is 40.0.